The number of ether oxygens (including phenoxy) is 1. The Morgan fingerprint density at radius 1 is 1.33 bits per heavy atom. The van der Waals surface area contributed by atoms with Crippen LogP contribution in [-0.2, 0) is 9.59 Å². The zero-order valence-electron chi connectivity index (χ0n) is 9.31. The normalized spacial score (nSPS) is 10.3. The van der Waals surface area contributed by atoms with E-state index in [-0.39, 0.29) is 12.4 Å². The molecule has 1 heterocycles. The first-order valence-corrected chi connectivity index (χ1v) is 6.61. The van der Waals surface area contributed by atoms with Crippen LogP contribution < -0.4 is 10.1 Å². The Hall–Kier alpha value is -1.59. The predicted octanol–water partition coefficient (Wildman–Crippen LogP) is 2.16. The summed E-state index contributed by atoms with van der Waals surface area (Å²) >= 11 is 6.79. The van der Waals surface area contributed by atoms with Gasteiger partial charge in [-0.3, -0.25) is 4.79 Å². The van der Waals surface area contributed by atoms with Crippen LogP contribution in [0.1, 0.15) is 0 Å². The highest BCUT2D eigenvalue weighted by molar-refractivity contribution is 7.17. The van der Waals surface area contributed by atoms with Gasteiger partial charge in [-0.2, -0.15) is 0 Å². The molecule has 0 bridgehead atoms. The number of esters is 1. The number of alkyl halides is 1. The van der Waals surface area contributed by atoms with Gasteiger partial charge in [0.25, 0.3) is 0 Å². The molecule has 0 aliphatic heterocycles. The highest BCUT2D eigenvalue weighted by Gasteiger charge is 2.10. The molecule has 0 aliphatic rings. The van der Waals surface area contributed by atoms with Gasteiger partial charge in [0.15, 0.2) is 0 Å². The van der Waals surface area contributed by atoms with Crippen molar-refractivity contribution in [3.8, 4) is 5.75 Å². The van der Waals surface area contributed by atoms with E-state index >= 15 is 0 Å². The van der Waals surface area contributed by atoms with Crippen LogP contribution in [0.5, 0.6) is 5.75 Å². The summed E-state index contributed by atoms with van der Waals surface area (Å²) in [6.45, 7) is -0.185. The van der Waals surface area contributed by atoms with Gasteiger partial charge >= 0.3 is 5.97 Å². The first kappa shape index (κ1) is 12.9. The number of thiophene rings is 1. The highest BCUT2D eigenvalue weighted by atomic mass is 35.5. The molecule has 2 rings (SSSR count). The van der Waals surface area contributed by atoms with Crippen molar-refractivity contribution in [2.45, 2.75) is 0 Å². The molecule has 6 heteroatoms. The summed E-state index contributed by atoms with van der Waals surface area (Å²) in [5, 5.41) is 5.01. The minimum Gasteiger partial charge on any atom is -0.424 e. The third-order valence-electron chi connectivity index (χ3n) is 2.22. The number of halogens is 1. The third kappa shape index (κ3) is 3.00. The molecule has 0 saturated carbocycles. The number of hydrogen-bond acceptors (Lipinski definition) is 4. The highest BCUT2D eigenvalue weighted by Crippen LogP contribution is 2.31. The standard InChI is InChI=1S/C12H10ClNO3S/c13-5-11(15)14-6-12(16)17-9-7-18-10-4-2-1-3-8(9)10/h1-4,7H,5-6H2,(H,14,15). The predicted molar refractivity (Wildman–Crippen MR) is 71.2 cm³/mol. The number of amides is 1. The van der Waals surface area contributed by atoms with Gasteiger partial charge in [0, 0.05) is 15.5 Å². The molecule has 0 radical (unpaired) electrons. The second-order valence-electron chi connectivity index (χ2n) is 3.48. The molecule has 4 nitrogen and oxygen atoms in total. The van der Waals surface area contributed by atoms with Crippen LogP contribution in [0.2, 0.25) is 0 Å². The second kappa shape index (κ2) is 5.84. The molecular formula is C12H10ClNO3S. The molecule has 0 spiro atoms. The topological polar surface area (TPSA) is 55.4 Å². The van der Waals surface area contributed by atoms with Crippen LogP contribution in [0.25, 0.3) is 10.1 Å². The molecular weight excluding hydrogens is 274 g/mol. The largest absolute Gasteiger partial charge is 0.424 e. The Morgan fingerprint density at radius 3 is 2.89 bits per heavy atom. The first-order valence-electron chi connectivity index (χ1n) is 5.20. The SMILES string of the molecule is O=C(CCl)NCC(=O)Oc1csc2ccccc12. The lowest BCUT2D eigenvalue weighted by Gasteiger charge is -2.03. The summed E-state index contributed by atoms with van der Waals surface area (Å²) in [4.78, 5) is 22.4. The zero-order valence-corrected chi connectivity index (χ0v) is 10.9. The molecule has 1 aromatic carbocycles. The first-order chi connectivity index (χ1) is 8.70. The number of carbonyl (C=O) groups is 2. The molecule has 0 aliphatic carbocycles. The second-order valence-corrected chi connectivity index (χ2v) is 4.66. The fraction of sp³-hybridized carbons (Fsp3) is 0.167. The van der Waals surface area contributed by atoms with E-state index in [1.807, 2.05) is 24.3 Å². The van der Waals surface area contributed by atoms with E-state index < -0.39 is 11.9 Å². The molecule has 1 aromatic heterocycles. The van der Waals surface area contributed by atoms with Gasteiger partial charge < -0.3 is 10.1 Å². The lowest BCUT2D eigenvalue weighted by atomic mass is 10.2. The van der Waals surface area contributed by atoms with Crippen molar-refractivity contribution in [3.63, 3.8) is 0 Å². The Morgan fingerprint density at radius 2 is 2.11 bits per heavy atom. The lowest BCUT2D eigenvalue weighted by molar-refractivity contribution is -0.135. The van der Waals surface area contributed by atoms with Gasteiger partial charge in [0.2, 0.25) is 5.91 Å². The molecule has 0 unspecified atom stereocenters. The summed E-state index contributed by atoms with van der Waals surface area (Å²) < 4.78 is 6.22. The van der Waals surface area contributed by atoms with E-state index in [9.17, 15) is 9.59 Å². The van der Waals surface area contributed by atoms with E-state index in [4.69, 9.17) is 16.3 Å². The quantitative estimate of drug-likeness (QED) is 0.691. The van der Waals surface area contributed by atoms with Gasteiger partial charge in [0.05, 0.1) is 0 Å². The van der Waals surface area contributed by atoms with Crippen LogP contribution >= 0.6 is 22.9 Å². The van der Waals surface area contributed by atoms with Crippen LogP contribution in [0, 0.1) is 0 Å². The van der Waals surface area contributed by atoms with Gasteiger partial charge in [0.1, 0.15) is 18.2 Å². The van der Waals surface area contributed by atoms with Crippen LogP contribution in [0.3, 0.4) is 0 Å². The third-order valence-corrected chi connectivity index (χ3v) is 3.41. The average Bonchev–Trinajstić information content (AvgIpc) is 2.79. The fourth-order valence-electron chi connectivity index (χ4n) is 1.41. The minimum atomic E-state index is -0.517. The Kier molecular flexibility index (Phi) is 4.17. The van der Waals surface area contributed by atoms with E-state index in [1.54, 1.807) is 5.38 Å². The molecule has 0 fully saturated rings. The van der Waals surface area contributed by atoms with Crippen molar-refractivity contribution >= 4 is 44.9 Å². The van der Waals surface area contributed by atoms with Crippen molar-refractivity contribution in [1.29, 1.82) is 0 Å². The average molecular weight is 284 g/mol. The summed E-state index contributed by atoms with van der Waals surface area (Å²) in [5.74, 6) is -0.573. The number of hydrogen-bond donors (Lipinski definition) is 1. The molecule has 94 valence electrons. The maximum Gasteiger partial charge on any atom is 0.330 e. The molecule has 0 saturated heterocycles. The van der Waals surface area contributed by atoms with Crippen LogP contribution in [0.4, 0.5) is 0 Å². The molecule has 0 atom stereocenters. The summed E-state index contributed by atoms with van der Waals surface area (Å²) in [6, 6.07) is 7.63. The van der Waals surface area contributed by atoms with Crippen molar-refractivity contribution in [2.24, 2.45) is 0 Å². The van der Waals surface area contributed by atoms with Crippen LogP contribution in [0.15, 0.2) is 29.6 Å². The molecule has 1 amide bonds. The van der Waals surface area contributed by atoms with Crippen LogP contribution in [-0.4, -0.2) is 24.3 Å². The lowest BCUT2D eigenvalue weighted by Crippen LogP contribution is -2.32. The zero-order chi connectivity index (χ0) is 13.0. The summed E-state index contributed by atoms with van der Waals surface area (Å²) in [5.41, 5.74) is 0. The molecule has 1 N–H and O–H groups in total. The van der Waals surface area contributed by atoms with Gasteiger partial charge in [-0.1, -0.05) is 12.1 Å². The summed E-state index contributed by atoms with van der Waals surface area (Å²) in [7, 11) is 0. The number of fused-ring (bicyclic) bond motifs is 1. The number of carbonyl (C=O) groups excluding carboxylic acids is 2. The van der Waals surface area contributed by atoms with Gasteiger partial charge in [-0.05, 0) is 12.1 Å². The van der Waals surface area contributed by atoms with Gasteiger partial charge in [-0.25, -0.2) is 4.79 Å². The Bertz CT molecular complexity index is 581. The maximum absolute atomic E-state index is 11.5. The Labute approximate surface area is 113 Å². The number of benzene rings is 1. The van der Waals surface area contributed by atoms with Crippen molar-refractivity contribution in [3.05, 3.63) is 29.6 Å². The smallest absolute Gasteiger partial charge is 0.330 e. The van der Waals surface area contributed by atoms with Crippen molar-refractivity contribution in [2.75, 3.05) is 12.4 Å². The van der Waals surface area contributed by atoms with Crippen molar-refractivity contribution in [1.82, 2.24) is 5.32 Å². The Balaban J connectivity index is 2.01. The van der Waals surface area contributed by atoms with Gasteiger partial charge in [-0.15, -0.1) is 22.9 Å². The van der Waals surface area contributed by atoms with E-state index in [0.717, 1.165) is 10.1 Å². The monoisotopic (exact) mass is 283 g/mol. The minimum absolute atomic E-state index is 0.172. The van der Waals surface area contributed by atoms with E-state index in [0.29, 0.717) is 5.75 Å². The summed E-state index contributed by atoms with van der Waals surface area (Å²) in [6.07, 6.45) is 0. The van der Waals surface area contributed by atoms with E-state index in [2.05, 4.69) is 5.32 Å². The van der Waals surface area contributed by atoms with E-state index in [1.165, 1.54) is 11.3 Å². The van der Waals surface area contributed by atoms with Crippen molar-refractivity contribution < 1.29 is 14.3 Å². The number of rotatable bonds is 4. The maximum atomic E-state index is 11.5. The molecule has 18 heavy (non-hydrogen) atoms. The number of nitrogens with one attached hydrogen (secondary N) is 1. The molecule has 2 aromatic rings. The fourth-order valence-corrected chi connectivity index (χ4v) is 2.37.